The summed E-state index contributed by atoms with van der Waals surface area (Å²) in [6.07, 6.45) is 2.25. The zero-order valence-electron chi connectivity index (χ0n) is 10.9. The molecule has 0 aliphatic heterocycles. The van der Waals surface area contributed by atoms with E-state index in [2.05, 4.69) is 4.98 Å². The molecule has 0 saturated heterocycles. The Hall–Kier alpha value is -1.61. The molecule has 0 spiro atoms. The second-order valence-electron chi connectivity index (χ2n) is 5.08. The Bertz CT molecular complexity index is 610. The molecule has 0 bridgehead atoms. The highest BCUT2D eigenvalue weighted by atomic mass is 35.5. The van der Waals surface area contributed by atoms with E-state index in [9.17, 15) is 9.90 Å². The molecule has 0 saturated carbocycles. The summed E-state index contributed by atoms with van der Waals surface area (Å²) in [6.45, 7) is 4.05. The van der Waals surface area contributed by atoms with Gasteiger partial charge >= 0.3 is 5.97 Å². The van der Waals surface area contributed by atoms with Gasteiger partial charge in [0.25, 0.3) is 0 Å². The lowest BCUT2D eigenvalue weighted by molar-refractivity contribution is -0.139. The van der Waals surface area contributed by atoms with Crippen LogP contribution in [0.5, 0.6) is 0 Å². The van der Waals surface area contributed by atoms with E-state index in [0.29, 0.717) is 17.4 Å². The Morgan fingerprint density at radius 3 is 2.74 bits per heavy atom. The number of pyridine rings is 1. The number of carboxylic acid groups (broad SMARTS) is 1. The minimum atomic E-state index is -0.795. The molecule has 1 N–H and O–H groups in total. The Balaban J connectivity index is 2.56. The minimum Gasteiger partial charge on any atom is -0.481 e. The largest absolute Gasteiger partial charge is 0.481 e. The van der Waals surface area contributed by atoms with Crippen LogP contribution in [0.15, 0.2) is 30.5 Å². The quantitative estimate of drug-likeness (QED) is 0.915. The third-order valence-corrected chi connectivity index (χ3v) is 3.35. The van der Waals surface area contributed by atoms with Crippen molar-refractivity contribution in [3.8, 4) is 0 Å². The summed E-state index contributed by atoms with van der Waals surface area (Å²) in [6, 6.07) is 7.16. The normalized spacial score (nSPS) is 12.8. The molecular weight excluding hydrogens is 262 g/mol. The second-order valence-corrected chi connectivity index (χ2v) is 5.52. The van der Waals surface area contributed by atoms with Crippen LogP contribution in [0.3, 0.4) is 0 Å². The summed E-state index contributed by atoms with van der Waals surface area (Å²) in [5, 5.41) is 10.9. The Kier molecular flexibility index (Phi) is 4.05. The number of aromatic nitrogens is 1. The number of hydrogen-bond donors (Lipinski definition) is 1. The van der Waals surface area contributed by atoms with E-state index in [1.54, 1.807) is 24.4 Å². The number of carbonyl (C=O) groups is 1. The Morgan fingerprint density at radius 2 is 2.11 bits per heavy atom. The molecule has 3 nitrogen and oxygen atoms in total. The van der Waals surface area contributed by atoms with E-state index in [1.165, 1.54) is 0 Å². The molecule has 1 aromatic carbocycles. The minimum absolute atomic E-state index is 0.316. The van der Waals surface area contributed by atoms with E-state index in [0.717, 1.165) is 16.5 Å². The van der Waals surface area contributed by atoms with Gasteiger partial charge in [-0.3, -0.25) is 9.78 Å². The molecule has 2 aromatic rings. The van der Waals surface area contributed by atoms with Crippen LogP contribution in [0.4, 0.5) is 0 Å². The van der Waals surface area contributed by atoms with Crippen LogP contribution >= 0.6 is 11.6 Å². The molecule has 1 unspecified atom stereocenters. The highest BCUT2D eigenvalue weighted by Crippen LogP contribution is 2.30. The summed E-state index contributed by atoms with van der Waals surface area (Å²) >= 11 is 5.94. The van der Waals surface area contributed by atoms with Crippen molar-refractivity contribution in [1.29, 1.82) is 0 Å². The monoisotopic (exact) mass is 277 g/mol. The first-order chi connectivity index (χ1) is 8.99. The van der Waals surface area contributed by atoms with Crippen LogP contribution in [0.2, 0.25) is 5.02 Å². The zero-order valence-corrected chi connectivity index (χ0v) is 11.7. The Labute approximate surface area is 117 Å². The van der Waals surface area contributed by atoms with Crippen molar-refractivity contribution in [2.24, 2.45) is 5.92 Å². The maximum absolute atomic E-state index is 11.5. The predicted octanol–water partition coefficient (Wildman–Crippen LogP) is 4.10. The molecule has 0 fully saturated rings. The average Bonchev–Trinajstić information content (AvgIpc) is 2.34. The van der Waals surface area contributed by atoms with Crippen LogP contribution in [-0.4, -0.2) is 16.1 Å². The first kappa shape index (κ1) is 13.8. The SMILES string of the molecule is CC(C)CC(C(=O)O)c1ccnc2cc(Cl)ccc12. The molecule has 100 valence electrons. The van der Waals surface area contributed by atoms with Gasteiger partial charge in [0, 0.05) is 16.6 Å². The maximum atomic E-state index is 11.5. The van der Waals surface area contributed by atoms with Gasteiger partial charge in [0.1, 0.15) is 0 Å². The van der Waals surface area contributed by atoms with Crippen LogP contribution in [0, 0.1) is 5.92 Å². The lowest BCUT2D eigenvalue weighted by atomic mass is 9.88. The van der Waals surface area contributed by atoms with Crippen molar-refractivity contribution in [3.63, 3.8) is 0 Å². The van der Waals surface area contributed by atoms with Crippen molar-refractivity contribution >= 4 is 28.5 Å². The number of carboxylic acids is 1. The first-order valence-corrected chi connectivity index (χ1v) is 6.64. The van der Waals surface area contributed by atoms with Gasteiger partial charge in [0.05, 0.1) is 11.4 Å². The van der Waals surface area contributed by atoms with Crippen LogP contribution in [-0.2, 0) is 4.79 Å². The van der Waals surface area contributed by atoms with Gasteiger partial charge in [-0.1, -0.05) is 31.5 Å². The highest BCUT2D eigenvalue weighted by molar-refractivity contribution is 6.31. The summed E-state index contributed by atoms with van der Waals surface area (Å²) in [4.78, 5) is 15.7. The summed E-state index contributed by atoms with van der Waals surface area (Å²) in [5.74, 6) is -0.987. The van der Waals surface area contributed by atoms with Gasteiger partial charge in [-0.2, -0.15) is 0 Å². The molecule has 2 rings (SSSR count). The van der Waals surface area contributed by atoms with E-state index in [4.69, 9.17) is 11.6 Å². The number of rotatable bonds is 4. The van der Waals surface area contributed by atoms with Gasteiger partial charge in [-0.25, -0.2) is 0 Å². The standard InChI is InChI=1S/C15H16ClNO2/c1-9(2)7-13(15(18)19)11-5-6-17-14-8-10(16)3-4-12(11)14/h3-6,8-9,13H,7H2,1-2H3,(H,18,19). The van der Waals surface area contributed by atoms with Gasteiger partial charge in [-0.05, 0) is 36.1 Å². The van der Waals surface area contributed by atoms with E-state index < -0.39 is 11.9 Å². The van der Waals surface area contributed by atoms with Crippen molar-refractivity contribution < 1.29 is 9.90 Å². The van der Waals surface area contributed by atoms with Gasteiger partial charge < -0.3 is 5.11 Å². The molecule has 1 aromatic heterocycles. The smallest absolute Gasteiger partial charge is 0.311 e. The number of halogens is 1. The molecule has 0 amide bonds. The molecule has 1 heterocycles. The molecular formula is C15H16ClNO2. The van der Waals surface area contributed by atoms with E-state index in [-0.39, 0.29) is 0 Å². The third-order valence-electron chi connectivity index (χ3n) is 3.12. The fourth-order valence-electron chi connectivity index (χ4n) is 2.28. The van der Waals surface area contributed by atoms with Crippen molar-refractivity contribution in [2.45, 2.75) is 26.2 Å². The molecule has 19 heavy (non-hydrogen) atoms. The molecule has 4 heteroatoms. The fourth-order valence-corrected chi connectivity index (χ4v) is 2.45. The number of nitrogens with zero attached hydrogens (tertiary/aromatic N) is 1. The maximum Gasteiger partial charge on any atom is 0.311 e. The van der Waals surface area contributed by atoms with Gasteiger partial charge in [-0.15, -0.1) is 0 Å². The molecule has 0 radical (unpaired) electrons. The van der Waals surface area contributed by atoms with E-state index in [1.807, 2.05) is 19.9 Å². The predicted molar refractivity (Wildman–Crippen MR) is 76.6 cm³/mol. The van der Waals surface area contributed by atoms with Crippen molar-refractivity contribution in [2.75, 3.05) is 0 Å². The second kappa shape index (κ2) is 5.57. The van der Waals surface area contributed by atoms with Crippen molar-refractivity contribution in [1.82, 2.24) is 4.98 Å². The van der Waals surface area contributed by atoms with Crippen LogP contribution in [0.1, 0.15) is 31.7 Å². The summed E-state index contributed by atoms with van der Waals surface area (Å²) in [7, 11) is 0. The van der Waals surface area contributed by atoms with E-state index >= 15 is 0 Å². The summed E-state index contributed by atoms with van der Waals surface area (Å²) in [5.41, 5.74) is 1.54. The average molecular weight is 278 g/mol. The van der Waals surface area contributed by atoms with Gasteiger partial charge in [0.2, 0.25) is 0 Å². The number of aliphatic carboxylic acids is 1. The van der Waals surface area contributed by atoms with Gasteiger partial charge in [0.15, 0.2) is 0 Å². The highest BCUT2D eigenvalue weighted by Gasteiger charge is 2.23. The molecule has 0 aliphatic rings. The topological polar surface area (TPSA) is 50.2 Å². The molecule has 0 aliphatic carbocycles. The molecule has 1 atom stereocenters. The number of benzene rings is 1. The summed E-state index contributed by atoms with van der Waals surface area (Å²) < 4.78 is 0. The fraction of sp³-hybridized carbons (Fsp3) is 0.333. The van der Waals surface area contributed by atoms with Crippen LogP contribution in [0.25, 0.3) is 10.9 Å². The first-order valence-electron chi connectivity index (χ1n) is 6.26. The number of hydrogen-bond acceptors (Lipinski definition) is 2. The number of fused-ring (bicyclic) bond motifs is 1. The zero-order chi connectivity index (χ0) is 14.0. The lowest BCUT2D eigenvalue weighted by Gasteiger charge is -2.17. The van der Waals surface area contributed by atoms with Crippen molar-refractivity contribution in [3.05, 3.63) is 41.0 Å². The lowest BCUT2D eigenvalue weighted by Crippen LogP contribution is -2.14. The van der Waals surface area contributed by atoms with Crippen LogP contribution < -0.4 is 0 Å². The Morgan fingerprint density at radius 1 is 1.37 bits per heavy atom. The third kappa shape index (κ3) is 3.04.